The van der Waals surface area contributed by atoms with Crippen molar-refractivity contribution >= 4 is 11.7 Å². The van der Waals surface area contributed by atoms with Gasteiger partial charge in [0, 0.05) is 6.54 Å². The van der Waals surface area contributed by atoms with Crippen LogP contribution in [0.1, 0.15) is 15.9 Å². The zero-order chi connectivity index (χ0) is 14.8. The zero-order valence-corrected chi connectivity index (χ0v) is 11.3. The highest BCUT2D eigenvalue weighted by Crippen LogP contribution is 2.32. The van der Waals surface area contributed by atoms with Gasteiger partial charge in [-0.1, -0.05) is 18.2 Å². The second-order valence-corrected chi connectivity index (χ2v) is 4.86. The van der Waals surface area contributed by atoms with Gasteiger partial charge in [-0.25, -0.2) is 9.18 Å². The predicted octanol–water partition coefficient (Wildman–Crippen LogP) is 2.92. The minimum Gasteiger partial charge on any atom is -0.490 e. The van der Waals surface area contributed by atoms with Gasteiger partial charge in [0.2, 0.25) is 0 Å². The van der Waals surface area contributed by atoms with E-state index in [0.717, 1.165) is 17.0 Å². The highest BCUT2D eigenvalue weighted by atomic mass is 19.1. The van der Waals surface area contributed by atoms with Crippen molar-refractivity contribution in [2.45, 2.75) is 6.54 Å². The van der Waals surface area contributed by atoms with Crippen LogP contribution in [-0.2, 0) is 6.54 Å². The van der Waals surface area contributed by atoms with Crippen molar-refractivity contribution in [1.29, 1.82) is 0 Å². The number of benzene rings is 2. The van der Waals surface area contributed by atoms with Gasteiger partial charge in [-0.3, -0.25) is 0 Å². The molecule has 0 amide bonds. The van der Waals surface area contributed by atoms with Crippen LogP contribution >= 0.6 is 0 Å². The van der Waals surface area contributed by atoms with Gasteiger partial charge in [0.05, 0.1) is 17.8 Å². The van der Waals surface area contributed by atoms with Crippen molar-refractivity contribution in [2.75, 3.05) is 18.1 Å². The molecule has 0 saturated carbocycles. The predicted molar refractivity (Wildman–Crippen MR) is 76.3 cm³/mol. The van der Waals surface area contributed by atoms with E-state index >= 15 is 0 Å². The molecule has 0 bridgehead atoms. The lowest BCUT2D eigenvalue weighted by molar-refractivity contribution is 0.0691. The number of carboxylic acids is 1. The normalized spacial score (nSPS) is 13.5. The largest absolute Gasteiger partial charge is 0.490 e. The topological polar surface area (TPSA) is 49.8 Å². The van der Waals surface area contributed by atoms with Crippen molar-refractivity contribution in [1.82, 2.24) is 0 Å². The molecule has 0 spiro atoms. The first-order valence-corrected chi connectivity index (χ1v) is 6.63. The van der Waals surface area contributed by atoms with Crippen LogP contribution in [0.2, 0.25) is 0 Å². The molecule has 2 aromatic rings. The molecule has 21 heavy (non-hydrogen) atoms. The second kappa shape index (κ2) is 5.44. The lowest BCUT2D eigenvalue weighted by atomic mass is 10.1. The Morgan fingerprint density at radius 1 is 1.29 bits per heavy atom. The molecule has 3 rings (SSSR count). The van der Waals surface area contributed by atoms with Gasteiger partial charge in [0.15, 0.2) is 0 Å². The van der Waals surface area contributed by atoms with Crippen molar-refractivity contribution in [2.24, 2.45) is 0 Å². The number of rotatable bonds is 3. The Balaban J connectivity index is 1.88. The molecule has 1 N–H and O–H groups in total. The average Bonchev–Trinajstić information content (AvgIpc) is 2.49. The fourth-order valence-corrected chi connectivity index (χ4v) is 2.45. The van der Waals surface area contributed by atoms with Crippen LogP contribution in [0, 0.1) is 5.82 Å². The van der Waals surface area contributed by atoms with Crippen LogP contribution in [0.15, 0.2) is 42.5 Å². The number of nitrogens with zero attached hydrogens (tertiary/aromatic N) is 1. The highest BCUT2D eigenvalue weighted by Gasteiger charge is 2.18. The van der Waals surface area contributed by atoms with Gasteiger partial charge >= 0.3 is 5.97 Å². The molecule has 0 saturated heterocycles. The minimum absolute atomic E-state index is 0.297. The van der Waals surface area contributed by atoms with Gasteiger partial charge in [-0.15, -0.1) is 0 Å². The quantitative estimate of drug-likeness (QED) is 0.943. The number of halogens is 1. The van der Waals surface area contributed by atoms with E-state index < -0.39 is 11.8 Å². The van der Waals surface area contributed by atoms with Crippen LogP contribution in [-0.4, -0.2) is 24.2 Å². The summed E-state index contributed by atoms with van der Waals surface area (Å²) in [4.78, 5) is 13.1. The van der Waals surface area contributed by atoms with Gasteiger partial charge < -0.3 is 14.7 Å². The molecule has 0 atom stereocenters. The first-order valence-electron chi connectivity index (χ1n) is 6.63. The number of carbonyl (C=O) groups is 1. The number of anilines is 1. The average molecular weight is 287 g/mol. The fraction of sp³-hybridized carbons (Fsp3) is 0.188. The van der Waals surface area contributed by atoms with E-state index in [1.165, 1.54) is 12.1 Å². The maximum Gasteiger partial charge on any atom is 0.338 e. The molecule has 1 aliphatic rings. The van der Waals surface area contributed by atoms with Gasteiger partial charge in [0.1, 0.15) is 18.2 Å². The van der Waals surface area contributed by atoms with E-state index in [2.05, 4.69) is 4.90 Å². The van der Waals surface area contributed by atoms with E-state index in [-0.39, 0.29) is 5.56 Å². The molecular weight excluding hydrogens is 273 g/mol. The molecule has 1 heterocycles. The summed E-state index contributed by atoms with van der Waals surface area (Å²) >= 11 is 0. The second-order valence-electron chi connectivity index (χ2n) is 4.86. The highest BCUT2D eigenvalue weighted by molar-refractivity contribution is 5.88. The molecule has 0 aromatic heterocycles. The molecule has 2 aromatic carbocycles. The number of carboxylic acid groups (broad SMARTS) is 1. The standard InChI is InChI=1S/C16H14FNO3/c17-13-6-5-11(9-12(13)16(19)20)10-18-7-8-21-15-4-2-1-3-14(15)18/h1-6,9H,7-8,10H2,(H,19,20). The smallest absolute Gasteiger partial charge is 0.338 e. The molecule has 4 nitrogen and oxygen atoms in total. The zero-order valence-electron chi connectivity index (χ0n) is 11.3. The summed E-state index contributed by atoms with van der Waals surface area (Å²) in [7, 11) is 0. The first kappa shape index (κ1) is 13.4. The van der Waals surface area contributed by atoms with Gasteiger partial charge in [0.25, 0.3) is 0 Å². The number of hydrogen-bond acceptors (Lipinski definition) is 3. The van der Waals surface area contributed by atoms with Crippen LogP contribution in [0.4, 0.5) is 10.1 Å². The summed E-state index contributed by atoms with van der Waals surface area (Å²) in [6, 6.07) is 11.9. The Hall–Kier alpha value is -2.56. The maximum absolute atomic E-state index is 13.4. The lowest BCUT2D eigenvalue weighted by Gasteiger charge is -2.31. The van der Waals surface area contributed by atoms with E-state index in [1.807, 2.05) is 24.3 Å². The number of para-hydroxylation sites is 2. The molecule has 0 fully saturated rings. The Morgan fingerprint density at radius 2 is 2.10 bits per heavy atom. The third kappa shape index (κ3) is 2.67. The molecule has 108 valence electrons. The minimum atomic E-state index is -1.25. The van der Waals surface area contributed by atoms with Crippen molar-refractivity contribution in [3.05, 3.63) is 59.4 Å². The summed E-state index contributed by atoms with van der Waals surface area (Å²) in [6.07, 6.45) is 0. The van der Waals surface area contributed by atoms with E-state index in [9.17, 15) is 9.18 Å². The number of aromatic carboxylic acids is 1. The molecule has 5 heteroatoms. The summed E-state index contributed by atoms with van der Waals surface area (Å²) in [5, 5.41) is 8.98. The summed E-state index contributed by atoms with van der Waals surface area (Å²) in [5.74, 6) is -1.16. The summed E-state index contributed by atoms with van der Waals surface area (Å²) in [6.45, 7) is 1.79. The molecule has 0 aliphatic carbocycles. The number of ether oxygens (including phenoxy) is 1. The monoisotopic (exact) mass is 287 g/mol. The van der Waals surface area contributed by atoms with Crippen LogP contribution < -0.4 is 9.64 Å². The maximum atomic E-state index is 13.4. The van der Waals surface area contributed by atoms with Crippen LogP contribution in [0.3, 0.4) is 0 Å². The summed E-state index contributed by atoms with van der Waals surface area (Å²) < 4.78 is 19.0. The van der Waals surface area contributed by atoms with E-state index in [1.54, 1.807) is 6.07 Å². The lowest BCUT2D eigenvalue weighted by Crippen LogP contribution is -2.32. The van der Waals surface area contributed by atoms with Crippen LogP contribution in [0.5, 0.6) is 5.75 Å². The van der Waals surface area contributed by atoms with E-state index in [4.69, 9.17) is 9.84 Å². The third-order valence-corrected chi connectivity index (χ3v) is 3.46. The fourth-order valence-electron chi connectivity index (χ4n) is 2.45. The number of fused-ring (bicyclic) bond motifs is 1. The Bertz CT molecular complexity index is 687. The summed E-state index contributed by atoms with van der Waals surface area (Å²) in [5.41, 5.74) is 1.42. The first-order chi connectivity index (χ1) is 10.1. The SMILES string of the molecule is O=C(O)c1cc(CN2CCOc3ccccc32)ccc1F. The molecular formula is C16H14FNO3. The van der Waals surface area contributed by atoms with Crippen molar-refractivity contribution < 1.29 is 19.0 Å². The molecule has 1 aliphatic heterocycles. The number of hydrogen-bond donors (Lipinski definition) is 1. The van der Waals surface area contributed by atoms with Crippen molar-refractivity contribution in [3.8, 4) is 5.75 Å². The van der Waals surface area contributed by atoms with Crippen LogP contribution in [0.25, 0.3) is 0 Å². The Morgan fingerprint density at radius 3 is 2.90 bits per heavy atom. The Labute approximate surface area is 121 Å². The van der Waals surface area contributed by atoms with Crippen molar-refractivity contribution in [3.63, 3.8) is 0 Å². The van der Waals surface area contributed by atoms with Gasteiger partial charge in [-0.2, -0.15) is 0 Å². The van der Waals surface area contributed by atoms with E-state index in [0.29, 0.717) is 19.7 Å². The molecule has 0 unspecified atom stereocenters. The molecule has 0 radical (unpaired) electrons. The third-order valence-electron chi connectivity index (χ3n) is 3.46. The Kier molecular flexibility index (Phi) is 3.48. The van der Waals surface area contributed by atoms with Gasteiger partial charge in [-0.05, 0) is 29.8 Å².